The number of hydrogen-bond donors (Lipinski definition) is 1. The molecule has 25 heavy (non-hydrogen) atoms. The van der Waals surface area contributed by atoms with Gasteiger partial charge in [0.2, 0.25) is 0 Å². The first kappa shape index (κ1) is 20.0. The Morgan fingerprint density at radius 3 is 2.56 bits per heavy atom. The fourth-order valence-electron chi connectivity index (χ4n) is 3.15. The van der Waals surface area contributed by atoms with Gasteiger partial charge in [-0.3, -0.25) is 9.69 Å². The largest absolute Gasteiger partial charge is 0.493 e. The van der Waals surface area contributed by atoms with Crippen molar-refractivity contribution in [3.8, 4) is 11.5 Å². The number of carbonyl (C=O) groups is 1. The molecule has 6 heteroatoms. The fraction of sp³-hybridized carbons (Fsp3) is 0.632. The molecule has 1 aliphatic rings. The molecule has 0 aromatic heterocycles. The highest BCUT2D eigenvalue weighted by Gasteiger charge is 2.28. The van der Waals surface area contributed by atoms with Gasteiger partial charge < -0.3 is 14.8 Å². The van der Waals surface area contributed by atoms with Crippen LogP contribution in [0.4, 0.5) is 0 Å². The minimum absolute atomic E-state index is 0.0529. The van der Waals surface area contributed by atoms with E-state index in [1.807, 2.05) is 6.92 Å². The topological polar surface area (TPSA) is 50.8 Å². The Morgan fingerprint density at radius 2 is 1.96 bits per heavy atom. The molecule has 0 atom stereocenters. The molecule has 1 aliphatic heterocycles. The summed E-state index contributed by atoms with van der Waals surface area (Å²) >= 11 is 3.47. The van der Waals surface area contributed by atoms with E-state index < -0.39 is 0 Å². The van der Waals surface area contributed by atoms with Gasteiger partial charge in [-0.15, -0.1) is 0 Å². The summed E-state index contributed by atoms with van der Waals surface area (Å²) in [4.78, 5) is 15.1. The van der Waals surface area contributed by atoms with Crippen molar-refractivity contribution in [3.05, 3.63) is 22.2 Å². The van der Waals surface area contributed by atoms with Crippen molar-refractivity contribution in [2.75, 3.05) is 33.4 Å². The minimum Gasteiger partial charge on any atom is -0.493 e. The maximum Gasteiger partial charge on any atom is 0.251 e. The van der Waals surface area contributed by atoms with Crippen LogP contribution in [0.15, 0.2) is 16.6 Å². The van der Waals surface area contributed by atoms with Crippen molar-refractivity contribution in [2.24, 2.45) is 0 Å². The molecule has 2 rings (SSSR count). The number of likely N-dealkylation sites (tertiary alicyclic amines) is 1. The summed E-state index contributed by atoms with van der Waals surface area (Å²) in [5.41, 5.74) is 0.504. The minimum atomic E-state index is -0.105. The van der Waals surface area contributed by atoms with E-state index in [0.29, 0.717) is 34.7 Å². The first-order chi connectivity index (χ1) is 11.9. The molecule has 0 bridgehead atoms. The van der Waals surface area contributed by atoms with Crippen molar-refractivity contribution in [3.63, 3.8) is 0 Å². The zero-order valence-electron chi connectivity index (χ0n) is 15.7. The number of amides is 1. The molecule has 0 aliphatic carbocycles. The number of piperidine rings is 1. The molecule has 1 amide bonds. The second kappa shape index (κ2) is 8.90. The van der Waals surface area contributed by atoms with Gasteiger partial charge in [0.15, 0.2) is 11.5 Å². The Bertz CT molecular complexity index is 599. The van der Waals surface area contributed by atoms with Crippen molar-refractivity contribution >= 4 is 21.8 Å². The van der Waals surface area contributed by atoms with E-state index in [9.17, 15) is 4.79 Å². The lowest BCUT2D eigenvalue weighted by molar-refractivity contribution is 0.0797. The number of nitrogens with one attached hydrogen (secondary N) is 1. The van der Waals surface area contributed by atoms with Gasteiger partial charge in [-0.2, -0.15) is 0 Å². The van der Waals surface area contributed by atoms with Crippen LogP contribution in [0.1, 0.15) is 50.4 Å². The lowest BCUT2D eigenvalue weighted by Crippen LogP contribution is -2.53. The first-order valence-electron chi connectivity index (χ1n) is 8.92. The van der Waals surface area contributed by atoms with E-state index in [1.165, 1.54) is 19.3 Å². The van der Waals surface area contributed by atoms with Gasteiger partial charge in [0.25, 0.3) is 5.91 Å². The zero-order chi connectivity index (χ0) is 18.4. The van der Waals surface area contributed by atoms with Gasteiger partial charge in [0.05, 0.1) is 18.2 Å². The third-order valence-corrected chi connectivity index (χ3v) is 5.26. The summed E-state index contributed by atoms with van der Waals surface area (Å²) in [6.45, 7) is 9.63. The van der Waals surface area contributed by atoms with E-state index in [4.69, 9.17) is 9.47 Å². The average molecular weight is 413 g/mol. The van der Waals surface area contributed by atoms with Gasteiger partial charge in [0.1, 0.15) is 0 Å². The Morgan fingerprint density at radius 1 is 1.28 bits per heavy atom. The molecule has 1 aromatic carbocycles. The number of carbonyl (C=O) groups excluding carboxylic acids is 1. The van der Waals surface area contributed by atoms with Crippen LogP contribution in [0.2, 0.25) is 0 Å². The second-order valence-corrected chi connectivity index (χ2v) is 7.82. The normalized spacial score (nSPS) is 15.7. The van der Waals surface area contributed by atoms with Crippen LogP contribution in [-0.4, -0.2) is 49.7 Å². The number of rotatable bonds is 7. The molecule has 140 valence electrons. The van der Waals surface area contributed by atoms with Crippen LogP contribution in [0.25, 0.3) is 0 Å². The SMILES string of the molecule is CCOc1c(Br)cc(C(=O)NCC(C)(C)N2CCCCC2)cc1OC. The van der Waals surface area contributed by atoms with Crippen molar-refractivity contribution in [2.45, 2.75) is 45.6 Å². The highest BCUT2D eigenvalue weighted by Crippen LogP contribution is 2.36. The lowest BCUT2D eigenvalue weighted by atomic mass is 9.98. The summed E-state index contributed by atoms with van der Waals surface area (Å²) in [6, 6.07) is 3.50. The molecule has 1 heterocycles. The summed E-state index contributed by atoms with van der Waals surface area (Å²) in [7, 11) is 1.57. The van der Waals surface area contributed by atoms with E-state index in [0.717, 1.165) is 13.1 Å². The molecular weight excluding hydrogens is 384 g/mol. The molecule has 0 radical (unpaired) electrons. The van der Waals surface area contributed by atoms with Crippen LogP contribution in [0.5, 0.6) is 11.5 Å². The summed E-state index contributed by atoms with van der Waals surface area (Å²) in [5, 5.41) is 3.07. The molecule has 1 fully saturated rings. The second-order valence-electron chi connectivity index (χ2n) is 6.97. The summed E-state index contributed by atoms with van der Waals surface area (Å²) < 4.78 is 11.7. The van der Waals surface area contributed by atoms with Gasteiger partial charge >= 0.3 is 0 Å². The number of halogens is 1. The van der Waals surface area contributed by atoms with Gasteiger partial charge in [-0.1, -0.05) is 6.42 Å². The quantitative estimate of drug-likeness (QED) is 0.738. The monoisotopic (exact) mass is 412 g/mol. The van der Waals surface area contributed by atoms with Crippen LogP contribution in [0.3, 0.4) is 0 Å². The fourth-order valence-corrected chi connectivity index (χ4v) is 3.70. The van der Waals surface area contributed by atoms with Crippen molar-refractivity contribution in [1.82, 2.24) is 10.2 Å². The van der Waals surface area contributed by atoms with Crippen LogP contribution < -0.4 is 14.8 Å². The third-order valence-electron chi connectivity index (χ3n) is 4.67. The molecular formula is C19H29BrN2O3. The number of nitrogens with zero attached hydrogens (tertiary/aromatic N) is 1. The Labute approximate surface area is 159 Å². The Kier molecular flexibility index (Phi) is 7.14. The number of hydrogen-bond acceptors (Lipinski definition) is 4. The van der Waals surface area contributed by atoms with E-state index >= 15 is 0 Å². The summed E-state index contributed by atoms with van der Waals surface area (Å²) in [5.74, 6) is 1.07. The van der Waals surface area contributed by atoms with E-state index in [-0.39, 0.29) is 11.4 Å². The van der Waals surface area contributed by atoms with E-state index in [1.54, 1.807) is 19.2 Å². The predicted octanol–water partition coefficient (Wildman–Crippen LogP) is 3.85. The van der Waals surface area contributed by atoms with Gasteiger partial charge in [-0.05, 0) is 74.8 Å². The van der Waals surface area contributed by atoms with Crippen molar-refractivity contribution < 1.29 is 14.3 Å². The lowest BCUT2D eigenvalue weighted by Gasteiger charge is -2.41. The zero-order valence-corrected chi connectivity index (χ0v) is 17.2. The highest BCUT2D eigenvalue weighted by atomic mass is 79.9. The molecule has 0 unspecified atom stereocenters. The Balaban J connectivity index is 2.06. The van der Waals surface area contributed by atoms with Gasteiger partial charge in [-0.25, -0.2) is 0 Å². The summed E-state index contributed by atoms with van der Waals surface area (Å²) in [6.07, 6.45) is 3.78. The van der Waals surface area contributed by atoms with E-state index in [2.05, 4.69) is 40.0 Å². The first-order valence-corrected chi connectivity index (χ1v) is 9.72. The van der Waals surface area contributed by atoms with Crippen LogP contribution in [0, 0.1) is 0 Å². The Hall–Kier alpha value is -1.27. The molecule has 0 saturated carbocycles. The predicted molar refractivity (Wildman–Crippen MR) is 104 cm³/mol. The molecule has 0 spiro atoms. The maximum atomic E-state index is 12.6. The number of benzene rings is 1. The van der Waals surface area contributed by atoms with Crippen LogP contribution in [-0.2, 0) is 0 Å². The standard InChI is InChI=1S/C19H29BrN2O3/c1-5-25-17-15(20)11-14(12-16(17)24-4)18(23)21-13-19(2,3)22-9-7-6-8-10-22/h11-12H,5-10,13H2,1-4H3,(H,21,23). The average Bonchev–Trinajstić information content (AvgIpc) is 2.62. The molecule has 1 saturated heterocycles. The number of methoxy groups -OCH3 is 1. The highest BCUT2D eigenvalue weighted by molar-refractivity contribution is 9.10. The van der Waals surface area contributed by atoms with Gasteiger partial charge in [0, 0.05) is 17.6 Å². The molecule has 1 aromatic rings. The van der Waals surface area contributed by atoms with Crippen LogP contribution >= 0.6 is 15.9 Å². The smallest absolute Gasteiger partial charge is 0.251 e. The third kappa shape index (κ3) is 5.11. The molecule has 5 nitrogen and oxygen atoms in total. The number of ether oxygens (including phenoxy) is 2. The molecule has 1 N–H and O–H groups in total. The maximum absolute atomic E-state index is 12.6. The van der Waals surface area contributed by atoms with Crippen molar-refractivity contribution in [1.29, 1.82) is 0 Å².